The van der Waals surface area contributed by atoms with Crippen LogP contribution < -0.4 is 0 Å². The fraction of sp³-hybridized carbons (Fsp3) is 0.250. The third-order valence-corrected chi connectivity index (χ3v) is 0.639. The molecule has 37 valence electrons. The number of hydrogen-bond donors (Lipinski definition) is 0. The molecule has 1 aromatic heterocycles. The van der Waals surface area contributed by atoms with Crippen molar-refractivity contribution < 1.29 is 9.63 Å². The molecule has 0 spiro atoms. The van der Waals surface area contributed by atoms with E-state index in [0.717, 1.165) is 0 Å². The zero-order valence-corrected chi connectivity index (χ0v) is 3.63. The largest absolute Gasteiger partial charge is 0.364 e. The summed E-state index contributed by atoms with van der Waals surface area (Å²) in [6, 6.07) is 1.55. The van der Waals surface area contributed by atoms with Gasteiger partial charge in [0.2, 0.25) is 0 Å². The molecule has 0 amide bonds. The maximum absolute atomic E-state index is 9.87. The van der Waals surface area contributed by atoms with Crippen molar-refractivity contribution in [2.45, 2.75) is 6.61 Å². The molecule has 0 unspecified atom stereocenters. The summed E-state index contributed by atoms with van der Waals surface area (Å²) in [4.78, 5) is 0. The van der Waals surface area contributed by atoms with Gasteiger partial charge in [0.25, 0.3) is 0 Å². The molecule has 0 atom stereocenters. The average Bonchev–Trinajstić information content (AvgIpc) is 2.14. The Kier molecular flexibility index (Phi) is 1.08. The molecule has 0 aromatic carbocycles. The van der Waals surface area contributed by atoms with Crippen LogP contribution in [0.5, 0.6) is 0 Å². The van der Waals surface area contributed by atoms with Crippen LogP contribution in [0, 0.1) is 0 Å². The SMILES string of the molecule is [O]Cc1ccon1. The molecule has 1 heterocycles. The van der Waals surface area contributed by atoms with Gasteiger partial charge in [-0.3, -0.25) is 0 Å². The van der Waals surface area contributed by atoms with E-state index in [0.29, 0.717) is 5.69 Å². The molecular formula is C4H4NO2. The molecule has 0 aliphatic carbocycles. The summed E-state index contributed by atoms with van der Waals surface area (Å²) in [5.41, 5.74) is 0.458. The van der Waals surface area contributed by atoms with Gasteiger partial charge in [0.1, 0.15) is 18.6 Å². The third kappa shape index (κ3) is 0.778. The van der Waals surface area contributed by atoms with Gasteiger partial charge in [0.15, 0.2) is 0 Å². The molecule has 0 fully saturated rings. The topological polar surface area (TPSA) is 45.9 Å². The summed E-state index contributed by atoms with van der Waals surface area (Å²) in [6.07, 6.45) is 1.38. The second-order valence-electron chi connectivity index (χ2n) is 1.14. The quantitative estimate of drug-likeness (QED) is 0.516. The monoisotopic (exact) mass is 98.0 g/mol. The Hall–Kier alpha value is -0.830. The molecule has 0 aliphatic heterocycles. The predicted octanol–water partition coefficient (Wildman–Crippen LogP) is 0.605. The van der Waals surface area contributed by atoms with Crippen LogP contribution in [0.1, 0.15) is 5.69 Å². The van der Waals surface area contributed by atoms with Crippen molar-refractivity contribution in [3.8, 4) is 0 Å². The van der Waals surface area contributed by atoms with Crippen molar-refractivity contribution >= 4 is 0 Å². The smallest absolute Gasteiger partial charge is 0.128 e. The fourth-order valence-corrected chi connectivity index (χ4v) is 0.312. The number of nitrogens with zero attached hydrogens (tertiary/aromatic N) is 1. The zero-order chi connectivity index (χ0) is 5.11. The second kappa shape index (κ2) is 1.75. The standard InChI is InChI=1S/C4H4NO2/c6-3-4-1-2-7-5-4/h1-2H,3H2. The van der Waals surface area contributed by atoms with Crippen LogP contribution >= 0.6 is 0 Å². The van der Waals surface area contributed by atoms with Crippen LogP contribution in [0.15, 0.2) is 16.9 Å². The minimum Gasteiger partial charge on any atom is -0.364 e. The van der Waals surface area contributed by atoms with E-state index in [1.807, 2.05) is 0 Å². The highest BCUT2D eigenvalue weighted by atomic mass is 16.5. The second-order valence-corrected chi connectivity index (χ2v) is 1.14. The summed E-state index contributed by atoms with van der Waals surface area (Å²) < 4.78 is 4.36. The highest BCUT2D eigenvalue weighted by Crippen LogP contribution is 1.91. The summed E-state index contributed by atoms with van der Waals surface area (Å²) >= 11 is 0. The first-order chi connectivity index (χ1) is 3.43. The minimum absolute atomic E-state index is 0.295. The van der Waals surface area contributed by atoms with Crippen molar-refractivity contribution in [3.63, 3.8) is 0 Å². The van der Waals surface area contributed by atoms with Gasteiger partial charge in [-0.05, 0) is 0 Å². The lowest BCUT2D eigenvalue weighted by atomic mass is 10.5. The predicted molar refractivity (Wildman–Crippen MR) is 20.9 cm³/mol. The zero-order valence-electron chi connectivity index (χ0n) is 3.63. The molecule has 1 aromatic rings. The Labute approximate surface area is 40.6 Å². The number of aromatic nitrogens is 1. The highest BCUT2D eigenvalue weighted by Gasteiger charge is 1.89. The first-order valence-corrected chi connectivity index (χ1v) is 1.91. The van der Waals surface area contributed by atoms with E-state index in [-0.39, 0.29) is 6.61 Å². The van der Waals surface area contributed by atoms with Gasteiger partial charge in [-0.15, -0.1) is 0 Å². The van der Waals surface area contributed by atoms with Crippen molar-refractivity contribution in [1.82, 2.24) is 5.16 Å². The van der Waals surface area contributed by atoms with E-state index in [1.165, 1.54) is 6.26 Å². The molecule has 7 heavy (non-hydrogen) atoms. The number of hydrogen-bond acceptors (Lipinski definition) is 2. The van der Waals surface area contributed by atoms with E-state index in [9.17, 15) is 5.11 Å². The molecule has 3 nitrogen and oxygen atoms in total. The van der Waals surface area contributed by atoms with Gasteiger partial charge in [-0.1, -0.05) is 5.16 Å². The van der Waals surface area contributed by atoms with E-state index in [2.05, 4.69) is 9.68 Å². The molecular weight excluding hydrogens is 94.0 g/mol. The van der Waals surface area contributed by atoms with Gasteiger partial charge >= 0.3 is 0 Å². The van der Waals surface area contributed by atoms with Crippen molar-refractivity contribution in [2.75, 3.05) is 0 Å². The van der Waals surface area contributed by atoms with E-state index in [1.54, 1.807) is 6.07 Å². The molecule has 1 radical (unpaired) electrons. The van der Waals surface area contributed by atoms with Crippen LogP contribution in [-0.2, 0) is 11.7 Å². The van der Waals surface area contributed by atoms with Crippen molar-refractivity contribution in [2.24, 2.45) is 0 Å². The van der Waals surface area contributed by atoms with Crippen LogP contribution in [0.4, 0.5) is 0 Å². The van der Waals surface area contributed by atoms with Crippen molar-refractivity contribution in [3.05, 3.63) is 18.0 Å². The molecule has 0 bridgehead atoms. The van der Waals surface area contributed by atoms with E-state index >= 15 is 0 Å². The Morgan fingerprint density at radius 3 is 3.00 bits per heavy atom. The van der Waals surface area contributed by atoms with Crippen LogP contribution in [0.3, 0.4) is 0 Å². The lowest BCUT2D eigenvalue weighted by molar-refractivity contribution is 0.169. The lowest BCUT2D eigenvalue weighted by Gasteiger charge is -1.71. The fourth-order valence-electron chi connectivity index (χ4n) is 0.312. The molecule has 1 rings (SSSR count). The van der Waals surface area contributed by atoms with E-state index in [4.69, 9.17) is 0 Å². The molecule has 0 N–H and O–H groups in total. The number of rotatable bonds is 1. The normalized spacial score (nSPS) is 9.29. The Morgan fingerprint density at radius 1 is 1.86 bits per heavy atom. The Morgan fingerprint density at radius 2 is 2.71 bits per heavy atom. The molecule has 0 aliphatic rings. The lowest BCUT2D eigenvalue weighted by Crippen LogP contribution is -1.75. The summed E-state index contributed by atoms with van der Waals surface area (Å²) in [5.74, 6) is 0. The van der Waals surface area contributed by atoms with Crippen LogP contribution in [-0.4, -0.2) is 5.16 Å². The van der Waals surface area contributed by atoms with Gasteiger partial charge in [-0.2, -0.15) is 0 Å². The molecule has 0 saturated heterocycles. The van der Waals surface area contributed by atoms with Gasteiger partial charge < -0.3 is 4.52 Å². The van der Waals surface area contributed by atoms with Crippen LogP contribution in [0.2, 0.25) is 0 Å². The van der Waals surface area contributed by atoms with Gasteiger partial charge in [0, 0.05) is 6.07 Å². The Bertz CT molecular complexity index is 124. The summed E-state index contributed by atoms with van der Waals surface area (Å²) in [7, 11) is 0. The first kappa shape index (κ1) is 4.33. The van der Waals surface area contributed by atoms with Gasteiger partial charge in [-0.25, -0.2) is 5.11 Å². The third-order valence-electron chi connectivity index (χ3n) is 0.639. The molecule has 3 heteroatoms. The van der Waals surface area contributed by atoms with Gasteiger partial charge in [0.05, 0.1) is 0 Å². The van der Waals surface area contributed by atoms with E-state index < -0.39 is 0 Å². The highest BCUT2D eigenvalue weighted by molar-refractivity contribution is 4.91. The maximum atomic E-state index is 9.87. The first-order valence-electron chi connectivity index (χ1n) is 1.91. The Balaban J connectivity index is 2.76. The minimum atomic E-state index is -0.295. The summed E-state index contributed by atoms with van der Waals surface area (Å²) in [6.45, 7) is -0.295. The van der Waals surface area contributed by atoms with Crippen molar-refractivity contribution in [1.29, 1.82) is 0 Å². The molecule has 0 saturated carbocycles. The van der Waals surface area contributed by atoms with Crippen LogP contribution in [0.25, 0.3) is 0 Å². The maximum Gasteiger partial charge on any atom is 0.128 e. The summed E-state index contributed by atoms with van der Waals surface area (Å²) in [5, 5.41) is 13.2. The average molecular weight is 98.1 g/mol.